The van der Waals surface area contributed by atoms with Crippen LogP contribution in [-0.4, -0.2) is 27.0 Å². The highest BCUT2D eigenvalue weighted by molar-refractivity contribution is 7.99. The smallest absolute Gasteiger partial charge is 0.251 e. The lowest BCUT2D eigenvalue weighted by molar-refractivity contribution is -0.113. The molecule has 1 amide bonds. The van der Waals surface area contributed by atoms with Crippen molar-refractivity contribution in [3.63, 3.8) is 0 Å². The van der Waals surface area contributed by atoms with Crippen molar-refractivity contribution in [2.24, 2.45) is 7.05 Å². The zero-order valence-electron chi connectivity index (χ0n) is 16.8. The van der Waals surface area contributed by atoms with Crippen molar-refractivity contribution in [2.75, 3.05) is 11.1 Å². The Kier molecular flexibility index (Phi) is 4.90. The van der Waals surface area contributed by atoms with Crippen LogP contribution in [0.3, 0.4) is 0 Å². The molecule has 1 spiro atoms. The number of carbonyl (C=O) groups excluding carboxylic acids is 1. The van der Waals surface area contributed by atoms with Gasteiger partial charge in [-0.2, -0.15) is 0 Å². The van der Waals surface area contributed by atoms with Gasteiger partial charge in [-0.1, -0.05) is 42.1 Å². The van der Waals surface area contributed by atoms with Gasteiger partial charge in [0.15, 0.2) is 16.7 Å². The molecule has 2 aromatic carbocycles. The Balaban J connectivity index is 1.20. The minimum Gasteiger partial charge on any atom is -0.448 e. The van der Waals surface area contributed by atoms with Gasteiger partial charge >= 0.3 is 0 Å². The first-order chi connectivity index (χ1) is 14.6. The molecule has 3 aromatic rings. The van der Waals surface area contributed by atoms with E-state index in [2.05, 4.69) is 10.3 Å². The first kappa shape index (κ1) is 19.1. The summed E-state index contributed by atoms with van der Waals surface area (Å²) in [7, 11) is 1.96. The van der Waals surface area contributed by atoms with Crippen molar-refractivity contribution in [1.29, 1.82) is 0 Å². The SMILES string of the molecule is Cn1c(-c2ccccc2)cnc1SCC(=O)Nc1ccc2c(c1)OC1(CCCC1)O2. The molecule has 0 bridgehead atoms. The summed E-state index contributed by atoms with van der Waals surface area (Å²) in [5.74, 6) is 1.16. The van der Waals surface area contributed by atoms with E-state index in [-0.39, 0.29) is 11.7 Å². The van der Waals surface area contributed by atoms with Crippen LogP contribution in [0.4, 0.5) is 5.69 Å². The Morgan fingerprint density at radius 1 is 1.13 bits per heavy atom. The number of hydrogen-bond donors (Lipinski definition) is 1. The lowest BCUT2D eigenvalue weighted by atomic mass is 10.2. The predicted molar refractivity (Wildman–Crippen MR) is 117 cm³/mol. The Morgan fingerprint density at radius 2 is 1.90 bits per heavy atom. The number of anilines is 1. The summed E-state index contributed by atoms with van der Waals surface area (Å²) in [6.07, 6.45) is 5.90. The predicted octanol–water partition coefficient (Wildman–Crippen LogP) is 4.86. The molecule has 30 heavy (non-hydrogen) atoms. The van der Waals surface area contributed by atoms with E-state index in [4.69, 9.17) is 9.47 Å². The maximum absolute atomic E-state index is 12.5. The van der Waals surface area contributed by atoms with Crippen LogP contribution in [0, 0.1) is 0 Å². The summed E-state index contributed by atoms with van der Waals surface area (Å²) in [5.41, 5.74) is 2.84. The van der Waals surface area contributed by atoms with E-state index in [9.17, 15) is 4.79 Å². The van der Waals surface area contributed by atoms with Gasteiger partial charge in [-0.15, -0.1) is 0 Å². The topological polar surface area (TPSA) is 65.4 Å². The average Bonchev–Trinajstić information content (AvgIpc) is 3.46. The van der Waals surface area contributed by atoms with Crippen LogP contribution in [0.5, 0.6) is 11.5 Å². The highest BCUT2D eigenvalue weighted by Gasteiger charge is 2.44. The maximum atomic E-state index is 12.5. The molecule has 1 aliphatic heterocycles. The Hall–Kier alpha value is -2.93. The molecule has 1 saturated carbocycles. The van der Waals surface area contributed by atoms with Gasteiger partial charge in [0.2, 0.25) is 5.91 Å². The van der Waals surface area contributed by atoms with Crippen molar-refractivity contribution in [3.8, 4) is 22.8 Å². The van der Waals surface area contributed by atoms with E-state index in [0.29, 0.717) is 11.4 Å². The number of thioether (sulfide) groups is 1. The number of nitrogens with one attached hydrogen (secondary N) is 1. The number of carbonyl (C=O) groups is 1. The standard InChI is InChI=1S/C23H23N3O3S/c1-26-18(16-7-3-2-4-8-16)14-24-22(26)30-15-21(27)25-17-9-10-19-20(13-17)29-23(28-19)11-5-6-12-23/h2-4,7-10,13-14H,5-6,11-12,15H2,1H3,(H,25,27). The van der Waals surface area contributed by atoms with Crippen LogP contribution in [0.2, 0.25) is 0 Å². The molecule has 7 heteroatoms. The molecular weight excluding hydrogens is 398 g/mol. The monoisotopic (exact) mass is 421 g/mol. The number of ether oxygens (including phenoxy) is 2. The molecule has 0 unspecified atom stereocenters. The molecular formula is C23H23N3O3S. The highest BCUT2D eigenvalue weighted by atomic mass is 32.2. The summed E-state index contributed by atoms with van der Waals surface area (Å²) >= 11 is 1.41. The second kappa shape index (κ2) is 7.72. The number of benzene rings is 2. The van der Waals surface area contributed by atoms with Gasteiger partial charge in [0.1, 0.15) is 0 Å². The van der Waals surface area contributed by atoms with Crippen molar-refractivity contribution in [1.82, 2.24) is 9.55 Å². The van der Waals surface area contributed by atoms with E-state index in [1.165, 1.54) is 11.8 Å². The minimum absolute atomic E-state index is 0.0845. The minimum atomic E-state index is -0.491. The fourth-order valence-electron chi connectivity index (χ4n) is 4.02. The number of rotatable bonds is 5. The van der Waals surface area contributed by atoms with Crippen molar-refractivity contribution < 1.29 is 14.3 Å². The third-order valence-electron chi connectivity index (χ3n) is 5.53. The van der Waals surface area contributed by atoms with Crippen LogP contribution in [0.25, 0.3) is 11.3 Å². The molecule has 2 aliphatic rings. The number of fused-ring (bicyclic) bond motifs is 1. The summed E-state index contributed by atoms with van der Waals surface area (Å²) < 4.78 is 14.1. The van der Waals surface area contributed by atoms with Crippen LogP contribution < -0.4 is 14.8 Å². The Morgan fingerprint density at radius 3 is 2.70 bits per heavy atom. The largest absolute Gasteiger partial charge is 0.448 e. The second-order valence-electron chi connectivity index (χ2n) is 7.67. The molecule has 1 fully saturated rings. The molecule has 1 aromatic heterocycles. The van der Waals surface area contributed by atoms with Gasteiger partial charge in [0, 0.05) is 31.6 Å². The molecule has 2 heterocycles. The molecule has 0 atom stereocenters. The third-order valence-corrected chi connectivity index (χ3v) is 6.58. The van der Waals surface area contributed by atoms with E-state index < -0.39 is 5.79 Å². The fraction of sp³-hybridized carbons (Fsp3) is 0.304. The highest BCUT2D eigenvalue weighted by Crippen LogP contribution is 2.47. The lowest BCUT2D eigenvalue weighted by Gasteiger charge is -2.21. The van der Waals surface area contributed by atoms with Gasteiger partial charge in [0.25, 0.3) is 5.79 Å². The number of hydrogen-bond acceptors (Lipinski definition) is 5. The van der Waals surface area contributed by atoms with Gasteiger partial charge in [-0.05, 0) is 30.5 Å². The fourth-order valence-corrected chi connectivity index (χ4v) is 4.77. The van der Waals surface area contributed by atoms with Gasteiger partial charge in [0.05, 0.1) is 17.6 Å². The molecule has 5 rings (SSSR count). The molecule has 1 N–H and O–H groups in total. The zero-order chi connectivity index (χ0) is 20.6. The van der Waals surface area contributed by atoms with Gasteiger partial charge < -0.3 is 19.4 Å². The first-order valence-electron chi connectivity index (χ1n) is 10.1. The molecule has 154 valence electrons. The molecule has 0 radical (unpaired) electrons. The van der Waals surface area contributed by atoms with Crippen molar-refractivity contribution in [2.45, 2.75) is 36.6 Å². The lowest BCUT2D eigenvalue weighted by Crippen LogP contribution is -2.34. The quantitative estimate of drug-likeness (QED) is 0.596. The second-order valence-corrected chi connectivity index (χ2v) is 8.61. The molecule has 0 saturated heterocycles. The number of amides is 1. The number of aromatic nitrogens is 2. The van der Waals surface area contributed by atoms with Crippen LogP contribution in [0.1, 0.15) is 25.7 Å². The summed E-state index contributed by atoms with van der Waals surface area (Å²) in [6.45, 7) is 0. The maximum Gasteiger partial charge on any atom is 0.251 e. The molecule has 6 nitrogen and oxygen atoms in total. The van der Waals surface area contributed by atoms with Gasteiger partial charge in [-0.3, -0.25) is 4.79 Å². The number of nitrogens with zero attached hydrogens (tertiary/aromatic N) is 2. The van der Waals surface area contributed by atoms with E-state index >= 15 is 0 Å². The molecule has 1 aliphatic carbocycles. The van der Waals surface area contributed by atoms with Crippen LogP contribution >= 0.6 is 11.8 Å². The van der Waals surface area contributed by atoms with E-state index in [0.717, 1.165) is 47.8 Å². The van der Waals surface area contributed by atoms with Crippen molar-refractivity contribution in [3.05, 3.63) is 54.7 Å². The Bertz CT molecular complexity index is 1070. The normalized spacial score (nSPS) is 16.2. The van der Waals surface area contributed by atoms with E-state index in [1.807, 2.05) is 66.3 Å². The summed E-state index contributed by atoms with van der Waals surface area (Å²) in [5, 5.41) is 3.75. The van der Waals surface area contributed by atoms with Crippen molar-refractivity contribution >= 4 is 23.4 Å². The zero-order valence-corrected chi connectivity index (χ0v) is 17.6. The first-order valence-corrected chi connectivity index (χ1v) is 11.1. The van der Waals surface area contributed by atoms with E-state index in [1.54, 1.807) is 0 Å². The van der Waals surface area contributed by atoms with Crippen LogP contribution in [0.15, 0.2) is 59.9 Å². The summed E-state index contributed by atoms with van der Waals surface area (Å²) in [4.78, 5) is 17.0. The third kappa shape index (κ3) is 3.65. The Labute approximate surface area is 179 Å². The number of imidazole rings is 1. The van der Waals surface area contributed by atoms with Crippen LogP contribution in [-0.2, 0) is 11.8 Å². The van der Waals surface area contributed by atoms with Gasteiger partial charge in [-0.25, -0.2) is 4.98 Å². The average molecular weight is 422 g/mol. The summed E-state index contributed by atoms with van der Waals surface area (Å²) in [6, 6.07) is 15.7.